The van der Waals surface area contributed by atoms with E-state index in [1.54, 1.807) is 18.4 Å². The molecule has 0 spiro atoms. The first kappa shape index (κ1) is 12.2. The third kappa shape index (κ3) is 3.35. The van der Waals surface area contributed by atoms with Gasteiger partial charge < -0.3 is 9.73 Å². The summed E-state index contributed by atoms with van der Waals surface area (Å²) in [5.41, 5.74) is 1.98. The van der Waals surface area contributed by atoms with Crippen molar-refractivity contribution in [3.8, 4) is 0 Å². The highest BCUT2D eigenvalue weighted by Gasteiger charge is 2.01. The molecule has 0 aliphatic rings. The van der Waals surface area contributed by atoms with Crippen LogP contribution in [-0.2, 0) is 11.3 Å². The number of amides is 1. The zero-order valence-electron chi connectivity index (χ0n) is 10.2. The van der Waals surface area contributed by atoms with Crippen LogP contribution in [0.15, 0.2) is 59.2 Å². The van der Waals surface area contributed by atoms with Gasteiger partial charge >= 0.3 is 0 Å². The monoisotopic (exact) mass is 241 g/mol. The Labute approximate surface area is 106 Å². The molecule has 1 heterocycles. The van der Waals surface area contributed by atoms with Gasteiger partial charge in [-0.15, -0.1) is 0 Å². The van der Waals surface area contributed by atoms with Crippen molar-refractivity contribution in [3.63, 3.8) is 0 Å². The zero-order chi connectivity index (χ0) is 12.8. The second kappa shape index (κ2) is 5.87. The van der Waals surface area contributed by atoms with Gasteiger partial charge in [0, 0.05) is 6.08 Å². The van der Waals surface area contributed by atoms with Gasteiger partial charge in [0.25, 0.3) is 0 Å². The van der Waals surface area contributed by atoms with E-state index in [0.717, 1.165) is 16.9 Å². The van der Waals surface area contributed by atoms with Crippen LogP contribution in [0.1, 0.15) is 18.2 Å². The molecule has 2 aromatic rings. The van der Waals surface area contributed by atoms with E-state index in [2.05, 4.69) is 5.32 Å². The Morgan fingerprint density at radius 3 is 2.67 bits per heavy atom. The Hall–Kier alpha value is -2.29. The standard InChI is InChI=1S/C15H15NO2/c1-12(13-6-3-2-4-7-13)10-15(17)16-11-14-8-5-9-18-14/h2-10H,11H2,1H3,(H,16,17)/b12-10+. The summed E-state index contributed by atoms with van der Waals surface area (Å²) in [6.45, 7) is 2.33. The van der Waals surface area contributed by atoms with Crippen LogP contribution in [0.5, 0.6) is 0 Å². The molecular weight excluding hydrogens is 226 g/mol. The van der Waals surface area contributed by atoms with Crippen LogP contribution < -0.4 is 5.32 Å². The SMILES string of the molecule is C/C(=C\C(=O)NCc1ccco1)c1ccccc1. The molecule has 3 nitrogen and oxygen atoms in total. The van der Waals surface area contributed by atoms with Gasteiger partial charge in [0.1, 0.15) is 5.76 Å². The van der Waals surface area contributed by atoms with Gasteiger partial charge in [0.15, 0.2) is 0 Å². The van der Waals surface area contributed by atoms with Gasteiger partial charge in [0.2, 0.25) is 5.91 Å². The van der Waals surface area contributed by atoms with Gasteiger partial charge in [-0.05, 0) is 30.2 Å². The molecule has 3 heteroatoms. The van der Waals surface area contributed by atoms with Gasteiger partial charge in [-0.2, -0.15) is 0 Å². The number of hydrogen-bond acceptors (Lipinski definition) is 2. The molecule has 0 saturated heterocycles. The number of allylic oxidation sites excluding steroid dienone is 1. The van der Waals surface area contributed by atoms with Crippen LogP contribution in [0.25, 0.3) is 5.57 Å². The number of carbonyl (C=O) groups is 1. The maximum atomic E-state index is 11.7. The summed E-state index contributed by atoms with van der Waals surface area (Å²) in [6, 6.07) is 13.4. The number of benzene rings is 1. The van der Waals surface area contributed by atoms with E-state index in [9.17, 15) is 4.79 Å². The Kier molecular flexibility index (Phi) is 3.97. The predicted molar refractivity (Wildman–Crippen MR) is 70.6 cm³/mol. The average molecular weight is 241 g/mol. The first-order chi connectivity index (χ1) is 8.75. The van der Waals surface area contributed by atoms with Crippen LogP contribution >= 0.6 is 0 Å². The molecule has 0 radical (unpaired) electrons. The van der Waals surface area contributed by atoms with Crippen molar-refractivity contribution < 1.29 is 9.21 Å². The van der Waals surface area contributed by atoms with Crippen molar-refractivity contribution >= 4 is 11.5 Å². The third-order valence-corrected chi connectivity index (χ3v) is 2.59. The highest BCUT2D eigenvalue weighted by molar-refractivity contribution is 5.94. The molecule has 1 N–H and O–H groups in total. The molecule has 2 rings (SSSR count). The van der Waals surface area contributed by atoms with Crippen molar-refractivity contribution in [2.75, 3.05) is 0 Å². The van der Waals surface area contributed by atoms with Crippen LogP contribution in [0.3, 0.4) is 0 Å². The summed E-state index contributed by atoms with van der Waals surface area (Å²) in [7, 11) is 0. The van der Waals surface area contributed by atoms with Crippen LogP contribution in [-0.4, -0.2) is 5.91 Å². The lowest BCUT2D eigenvalue weighted by Crippen LogP contribution is -2.20. The molecule has 0 aliphatic carbocycles. The van der Waals surface area contributed by atoms with Crippen LogP contribution in [0, 0.1) is 0 Å². The highest BCUT2D eigenvalue weighted by Crippen LogP contribution is 2.12. The van der Waals surface area contributed by atoms with E-state index >= 15 is 0 Å². The number of rotatable bonds is 4. The molecule has 1 aromatic heterocycles. The highest BCUT2D eigenvalue weighted by atomic mass is 16.3. The minimum Gasteiger partial charge on any atom is -0.467 e. The average Bonchev–Trinajstić information content (AvgIpc) is 2.90. The lowest BCUT2D eigenvalue weighted by molar-refractivity contribution is -0.116. The molecule has 1 aromatic carbocycles. The van der Waals surface area contributed by atoms with E-state index in [4.69, 9.17) is 4.42 Å². The van der Waals surface area contributed by atoms with Crippen molar-refractivity contribution in [1.29, 1.82) is 0 Å². The van der Waals surface area contributed by atoms with E-state index in [-0.39, 0.29) is 5.91 Å². The predicted octanol–water partition coefficient (Wildman–Crippen LogP) is 3.00. The fourth-order valence-electron chi connectivity index (χ4n) is 1.62. The summed E-state index contributed by atoms with van der Waals surface area (Å²) in [6.07, 6.45) is 3.19. The first-order valence-corrected chi connectivity index (χ1v) is 5.79. The Morgan fingerprint density at radius 1 is 1.22 bits per heavy atom. The number of hydrogen-bond donors (Lipinski definition) is 1. The molecule has 92 valence electrons. The van der Waals surface area contributed by atoms with Crippen molar-refractivity contribution in [3.05, 3.63) is 66.1 Å². The van der Waals surface area contributed by atoms with E-state index in [0.29, 0.717) is 6.54 Å². The molecule has 0 bridgehead atoms. The summed E-state index contributed by atoms with van der Waals surface area (Å²) in [5, 5.41) is 2.78. The Balaban J connectivity index is 1.94. The first-order valence-electron chi connectivity index (χ1n) is 5.79. The topological polar surface area (TPSA) is 42.2 Å². The quantitative estimate of drug-likeness (QED) is 0.836. The van der Waals surface area contributed by atoms with Gasteiger partial charge in [0.05, 0.1) is 12.8 Å². The van der Waals surface area contributed by atoms with E-state index in [1.165, 1.54) is 0 Å². The lowest BCUT2D eigenvalue weighted by Gasteiger charge is -2.02. The summed E-state index contributed by atoms with van der Waals surface area (Å²) in [5.74, 6) is 0.627. The summed E-state index contributed by atoms with van der Waals surface area (Å²) in [4.78, 5) is 11.7. The van der Waals surface area contributed by atoms with Crippen LogP contribution in [0.2, 0.25) is 0 Å². The second-order valence-corrected chi connectivity index (χ2v) is 3.99. The minimum atomic E-state index is -0.118. The number of carbonyl (C=O) groups excluding carboxylic acids is 1. The maximum Gasteiger partial charge on any atom is 0.244 e. The fraction of sp³-hybridized carbons (Fsp3) is 0.133. The van der Waals surface area contributed by atoms with E-state index < -0.39 is 0 Å². The molecule has 0 aliphatic heterocycles. The normalized spacial score (nSPS) is 11.3. The largest absolute Gasteiger partial charge is 0.467 e. The fourth-order valence-corrected chi connectivity index (χ4v) is 1.62. The molecule has 0 atom stereocenters. The lowest BCUT2D eigenvalue weighted by atomic mass is 10.1. The number of nitrogens with one attached hydrogen (secondary N) is 1. The smallest absolute Gasteiger partial charge is 0.244 e. The third-order valence-electron chi connectivity index (χ3n) is 2.59. The van der Waals surface area contributed by atoms with Gasteiger partial charge in [-0.1, -0.05) is 30.3 Å². The van der Waals surface area contributed by atoms with Crippen molar-refractivity contribution in [1.82, 2.24) is 5.32 Å². The second-order valence-electron chi connectivity index (χ2n) is 3.99. The van der Waals surface area contributed by atoms with Crippen LogP contribution in [0.4, 0.5) is 0 Å². The van der Waals surface area contributed by atoms with Crippen molar-refractivity contribution in [2.45, 2.75) is 13.5 Å². The molecular formula is C15H15NO2. The van der Waals surface area contributed by atoms with Crippen molar-refractivity contribution in [2.24, 2.45) is 0 Å². The summed E-state index contributed by atoms with van der Waals surface area (Å²) >= 11 is 0. The zero-order valence-corrected chi connectivity index (χ0v) is 10.2. The minimum absolute atomic E-state index is 0.118. The van der Waals surface area contributed by atoms with Gasteiger partial charge in [-0.25, -0.2) is 0 Å². The molecule has 0 fully saturated rings. The Morgan fingerprint density at radius 2 is 2.00 bits per heavy atom. The molecule has 0 saturated carbocycles. The van der Waals surface area contributed by atoms with Gasteiger partial charge in [-0.3, -0.25) is 4.79 Å². The Bertz CT molecular complexity index is 527. The molecule has 0 unspecified atom stereocenters. The van der Waals surface area contributed by atoms with E-state index in [1.807, 2.05) is 43.3 Å². The summed E-state index contributed by atoms with van der Waals surface area (Å²) < 4.78 is 5.14. The molecule has 1 amide bonds. The maximum absolute atomic E-state index is 11.7. The number of furan rings is 1. The molecule has 18 heavy (non-hydrogen) atoms.